The summed E-state index contributed by atoms with van der Waals surface area (Å²) in [4.78, 5) is 7.65. The summed E-state index contributed by atoms with van der Waals surface area (Å²) in [6.07, 6.45) is 4.38. The average Bonchev–Trinajstić information content (AvgIpc) is 2.04. The molecule has 4 heteroatoms. The first-order valence-corrected chi connectivity index (χ1v) is 4.12. The highest BCUT2D eigenvalue weighted by molar-refractivity contribution is 9.10. The Labute approximate surface area is 76.6 Å². The molecule has 0 amide bonds. The van der Waals surface area contributed by atoms with Gasteiger partial charge in [0.25, 0.3) is 0 Å². The minimum atomic E-state index is -0.354. The predicted molar refractivity (Wildman–Crippen MR) is 47.2 cm³/mol. The number of aromatic nitrogens is 2. The number of rotatable bonds is 0. The Morgan fingerprint density at radius 2 is 2.17 bits per heavy atom. The monoisotopic (exact) mass is 226 g/mol. The van der Waals surface area contributed by atoms with Crippen LogP contribution in [0.25, 0.3) is 10.8 Å². The second-order valence-corrected chi connectivity index (χ2v) is 3.07. The van der Waals surface area contributed by atoms with Gasteiger partial charge in [-0.05, 0) is 22.0 Å². The van der Waals surface area contributed by atoms with Crippen molar-refractivity contribution in [2.75, 3.05) is 0 Å². The van der Waals surface area contributed by atoms with Gasteiger partial charge in [-0.25, -0.2) is 9.37 Å². The molecule has 0 atom stereocenters. The van der Waals surface area contributed by atoms with Crippen molar-refractivity contribution in [2.45, 2.75) is 0 Å². The van der Waals surface area contributed by atoms with Crippen molar-refractivity contribution in [2.24, 2.45) is 0 Å². The number of nitrogens with zero attached hydrogens (tertiary/aromatic N) is 2. The smallest absolute Gasteiger partial charge is 0.152 e. The highest BCUT2D eigenvalue weighted by Gasteiger charge is 2.04. The Balaban J connectivity index is 2.96. The van der Waals surface area contributed by atoms with Gasteiger partial charge in [0.15, 0.2) is 5.82 Å². The summed E-state index contributed by atoms with van der Waals surface area (Å²) in [7, 11) is 0. The summed E-state index contributed by atoms with van der Waals surface area (Å²) in [5.41, 5.74) is 0. The van der Waals surface area contributed by atoms with E-state index in [4.69, 9.17) is 0 Å². The lowest BCUT2D eigenvalue weighted by molar-refractivity contribution is 0.633. The summed E-state index contributed by atoms with van der Waals surface area (Å²) in [6.45, 7) is 0. The molecule has 0 N–H and O–H groups in total. The van der Waals surface area contributed by atoms with Crippen LogP contribution in [-0.4, -0.2) is 9.97 Å². The highest BCUT2D eigenvalue weighted by Crippen LogP contribution is 2.22. The van der Waals surface area contributed by atoms with Crippen LogP contribution in [0.5, 0.6) is 0 Å². The number of hydrogen-bond donors (Lipinski definition) is 0. The van der Waals surface area contributed by atoms with Crippen LogP contribution in [0.4, 0.5) is 4.39 Å². The number of halogens is 2. The first kappa shape index (κ1) is 7.61. The van der Waals surface area contributed by atoms with E-state index in [1.165, 1.54) is 6.20 Å². The maximum Gasteiger partial charge on any atom is 0.152 e. The standard InChI is InChI=1S/C8H4BrFN2/c9-8-7-5(1-2-12-8)3-11-4-6(7)10/h1-4H. The van der Waals surface area contributed by atoms with Crippen molar-refractivity contribution in [1.82, 2.24) is 9.97 Å². The first-order chi connectivity index (χ1) is 5.79. The van der Waals surface area contributed by atoms with E-state index in [0.717, 1.165) is 5.39 Å². The molecule has 0 bridgehead atoms. The summed E-state index contributed by atoms with van der Waals surface area (Å²) in [6, 6.07) is 1.72. The molecule has 2 aromatic heterocycles. The summed E-state index contributed by atoms with van der Waals surface area (Å²) >= 11 is 3.17. The minimum Gasteiger partial charge on any atom is -0.261 e. The Bertz CT molecular complexity index is 394. The van der Waals surface area contributed by atoms with Gasteiger partial charge in [0, 0.05) is 17.8 Å². The molecule has 60 valence electrons. The zero-order valence-corrected chi connectivity index (χ0v) is 7.55. The van der Waals surface area contributed by atoms with Gasteiger partial charge in [0.2, 0.25) is 0 Å². The maximum atomic E-state index is 13.1. The van der Waals surface area contributed by atoms with Crippen LogP contribution in [0.1, 0.15) is 0 Å². The number of pyridine rings is 2. The number of fused-ring (bicyclic) bond motifs is 1. The Morgan fingerprint density at radius 3 is 2.92 bits per heavy atom. The molecule has 0 saturated heterocycles. The number of hydrogen-bond acceptors (Lipinski definition) is 2. The Hall–Kier alpha value is -1.03. The van der Waals surface area contributed by atoms with Crippen molar-refractivity contribution in [3.8, 4) is 0 Å². The van der Waals surface area contributed by atoms with Crippen LogP contribution >= 0.6 is 15.9 Å². The van der Waals surface area contributed by atoms with Crippen molar-refractivity contribution in [3.05, 3.63) is 35.1 Å². The molecule has 2 heterocycles. The van der Waals surface area contributed by atoms with Crippen molar-refractivity contribution >= 4 is 26.7 Å². The molecule has 0 aromatic carbocycles. The third-order valence-corrected chi connectivity index (χ3v) is 2.18. The van der Waals surface area contributed by atoms with E-state index in [1.54, 1.807) is 18.5 Å². The van der Waals surface area contributed by atoms with E-state index in [0.29, 0.717) is 9.99 Å². The van der Waals surface area contributed by atoms with E-state index in [9.17, 15) is 4.39 Å². The molecule has 0 aliphatic carbocycles. The minimum absolute atomic E-state index is 0.354. The van der Waals surface area contributed by atoms with Crippen molar-refractivity contribution in [1.29, 1.82) is 0 Å². The quantitative estimate of drug-likeness (QED) is 0.646. The topological polar surface area (TPSA) is 25.8 Å². The molecule has 2 nitrogen and oxygen atoms in total. The van der Waals surface area contributed by atoms with Gasteiger partial charge in [-0.2, -0.15) is 0 Å². The zero-order chi connectivity index (χ0) is 8.55. The second-order valence-electron chi connectivity index (χ2n) is 2.32. The van der Waals surface area contributed by atoms with Gasteiger partial charge in [0.05, 0.1) is 11.6 Å². The van der Waals surface area contributed by atoms with E-state index < -0.39 is 0 Å². The van der Waals surface area contributed by atoms with Gasteiger partial charge < -0.3 is 0 Å². The molecular weight excluding hydrogens is 223 g/mol. The molecule has 0 spiro atoms. The zero-order valence-electron chi connectivity index (χ0n) is 5.96. The molecule has 0 unspecified atom stereocenters. The third kappa shape index (κ3) is 1.08. The molecule has 0 fully saturated rings. The summed E-state index contributed by atoms with van der Waals surface area (Å²) < 4.78 is 13.6. The molecule has 0 aliphatic heterocycles. The van der Waals surface area contributed by atoms with Gasteiger partial charge >= 0.3 is 0 Å². The highest BCUT2D eigenvalue weighted by atomic mass is 79.9. The molecule has 0 saturated carbocycles. The van der Waals surface area contributed by atoms with Crippen LogP contribution in [0, 0.1) is 5.82 Å². The van der Waals surface area contributed by atoms with E-state index >= 15 is 0 Å². The molecule has 2 rings (SSSR count). The lowest BCUT2D eigenvalue weighted by Gasteiger charge is -1.98. The Kier molecular flexibility index (Phi) is 1.77. The fourth-order valence-electron chi connectivity index (χ4n) is 1.04. The van der Waals surface area contributed by atoms with Gasteiger partial charge in [-0.15, -0.1) is 0 Å². The van der Waals surface area contributed by atoms with Crippen LogP contribution in [0.15, 0.2) is 29.3 Å². The summed E-state index contributed by atoms with van der Waals surface area (Å²) in [5.74, 6) is -0.354. The SMILES string of the molecule is Fc1cncc2ccnc(Br)c12. The maximum absolute atomic E-state index is 13.1. The van der Waals surface area contributed by atoms with E-state index in [-0.39, 0.29) is 5.82 Å². The predicted octanol–water partition coefficient (Wildman–Crippen LogP) is 2.53. The normalized spacial score (nSPS) is 10.5. The van der Waals surface area contributed by atoms with Crippen LogP contribution in [0.3, 0.4) is 0 Å². The first-order valence-electron chi connectivity index (χ1n) is 3.33. The van der Waals surface area contributed by atoms with Crippen molar-refractivity contribution < 1.29 is 4.39 Å². The van der Waals surface area contributed by atoms with Gasteiger partial charge in [-0.3, -0.25) is 4.98 Å². The summed E-state index contributed by atoms with van der Waals surface area (Å²) in [5, 5.41) is 1.23. The Morgan fingerprint density at radius 1 is 1.33 bits per heavy atom. The molecule has 2 aromatic rings. The third-order valence-electron chi connectivity index (χ3n) is 1.58. The van der Waals surface area contributed by atoms with Gasteiger partial charge in [-0.1, -0.05) is 0 Å². The fraction of sp³-hybridized carbons (Fsp3) is 0. The van der Waals surface area contributed by atoms with E-state index in [1.807, 2.05) is 0 Å². The molecule has 0 aliphatic rings. The molecular formula is C8H4BrFN2. The fourth-order valence-corrected chi connectivity index (χ4v) is 1.58. The van der Waals surface area contributed by atoms with Crippen LogP contribution in [-0.2, 0) is 0 Å². The second kappa shape index (κ2) is 2.79. The molecule has 12 heavy (non-hydrogen) atoms. The van der Waals surface area contributed by atoms with Crippen molar-refractivity contribution in [3.63, 3.8) is 0 Å². The van der Waals surface area contributed by atoms with E-state index in [2.05, 4.69) is 25.9 Å². The average molecular weight is 227 g/mol. The largest absolute Gasteiger partial charge is 0.261 e. The van der Waals surface area contributed by atoms with Gasteiger partial charge in [0.1, 0.15) is 4.60 Å². The van der Waals surface area contributed by atoms with Crippen LogP contribution in [0.2, 0.25) is 0 Å². The lowest BCUT2D eigenvalue weighted by Crippen LogP contribution is -1.85. The van der Waals surface area contributed by atoms with Crippen LogP contribution < -0.4 is 0 Å². The lowest BCUT2D eigenvalue weighted by atomic mass is 10.2. The molecule has 0 radical (unpaired) electrons.